The van der Waals surface area contributed by atoms with E-state index in [1.807, 2.05) is 24.3 Å². The molecule has 2 unspecified atom stereocenters. The SMILES string of the molecule is CCC(Br)C1=C(CN)c2ccc(O)c(O)c2CC1c1ccccc1. The third kappa shape index (κ3) is 2.85. The first kappa shape index (κ1) is 17.1. The van der Waals surface area contributed by atoms with Crippen LogP contribution < -0.4 is 5.73 Å². The van der Waals surface area contributed by atoms with Crippen LogP contribution in [0.15, 0.2) is 48.0 Å². The average Bonchev–Trinajstić information content (AvgIpc) is 2.63. The summed E-state index contributed by atoms with van der Waals surface area (Å²) in [6.45, 7) is 2.55. The number of hydrogen-bond donors (Lipinski definition) is 3. The summed E-state index contributed by atoms with van der Waals surface area (Å²) in [5.41, 5.74) is 11.4. The summed E-state index contributed by atoms with van der Waals surface area (Å²) >= 11 is 3.82. The summed E-state index contributed by atoms with van der Waals surface area (Å²) in [6, 6.07) is 13.7. The van der Waals surface area contributed by atoms with Gasteiger partial charge in [0.2, 0.25) is 0 Å². The van der Waals surface area contributed by atoms with Crippen LogP contribution in [-0.2, 0) is 6.42 Å². The third-order valence-corrected chi connectivity index (χ3v) is 5.96. The predicted molar refractivity (Wildman–Crippen MR) is 102 cm³/mol. The molecule has 0 amide bonds. The molecule has 0 aromatic heterocycles. The number of aromatic hydroxyl groups is 2. The molecule has 0 radical (unpaired) electrons. The molecular formula is C20H22BrNO2. The van der Waals surface area contributed by atoms with Crippen LogP contribution in [0.25, 0.3) is 5.57 Å². The second-order valence-corrected chi connectivity index (χ2v) is 7.25. The van der Waals surface area contributed by atoms with Gasteiger partial charge in [0.25, 0.3) is 0 Å². The Morgan fingerprint density at radius 3 is 2.50 bits per heavy atom. The van der Waals surface area contributed by atoms with Crippen molar-refractivity contribution in [3.8, 4) is 11.5 Å². The lowest BCUT2D eigenvalue weighted by atomic mass is 9.73. The number of rotatable bonds is 4. The highest BCUT2D eigenvalue weighted by atomic mass is 79.9. The Balaban J connectivity index is 2.25. The van der Waals surface area contributed by atoms with Crippen molar-refractivity contribution >= 4 is 21.5 Å². The minimum absolute atomic E-state index is 0.0268. The first-order chi connectivity index (χ1) is 11.6. The fraction of sp³-hybridized carbons (Fsp3) is 0.300. The lowest BCUT2D eigenvalue weighted by Crippen LogP contribution is -2.24. The molecule has 0 saturated heterocycles. The maximum atomic E-state index is 10.4. The number of halogens is 1. The van der Waals surface area contributed by atoms with Crippen LogP contribution in [-0.4, -0.2) is 21.6 Å². The topological polar surface area (TPSA) is 66.5 Å². The summed E-state index contributed by atoms with van der Waals surface area (Å²) in [6.07, 6.45) is 1.61. The maximum absolute atomic E-state index is 10.4. The van der Waals surface area contributed by atoms with Crippen LogP contribution in [0.4, 0.5) is 0 Å². The fourth-order valence-corrected chi connectivity index (χ4v) is 4.23. The lowest BCUT2D eigenvalue weighted by Gasteiger charge is -2.33. The number of phenols is 2. The second-order valence-electron chi connectivity index (χ2n) is 6.14. The smallest absolute Gasteiger partial charge is 0.161 e. The summed E-state index contributed by atoms with van der Waals surface area (Å²) in [7, 11) is 0. The van der Waals surface area contributed by atoms with Crippen LogP contribution in [0.1, 0.15) is 36.0 Å². The monoisotopic (exact) mass is 387 g/mol. The second kappa shape index (κ2) is 6.99. The van der Waals surface area contributed by atoms with Gasteiger partial charge in [-0.15, -0.1) is 0 Å². The summed E-state index contributed by atoms with van der Waals surface area (Å²) < 4.78 is 0. The van der Waals surface area contributed by atoms with Gasteiger partial charge >= 0.3 is 0 Å². The van der Waals surface area contributed by atoms with Gasteiger partial charge in [0.15, 0.2) is 11.5 Å². The van der Waals surface area contributed by atoms with Gasteiger partial charge in [0.05, 0.1) is 0 Å². The zero-order valence-electron chi connectivity index (χ0n) is 13.7. The Labute approximate surface area is 151 Å². The van der Waals surface area contributed by atoms with Crippen molar-refractivity contribution in [3.05, 3.63) is 64.7 Å². The first-order valence-corrected chi connectivity index (χ1v) is 9.16. The molecule has 3 rings (SSSR count). The Bertz CT molecular complexity index is 771. The van der Waals surface area contributed by atoms with Crippen molar-refractivity contribution in [1.29, 1.82) is 0 Å². The third-order valence-electron chi connectivity index (χ3n) is 4.82. The zero-order valence-corrected chi connectivity index (χ0v) is 15.3. The molecule has 1 aliphatic carbocycles. The molecule has 126 valence electrons. The number of fused-ring (bicyclic) bond motifs is 1. The van der Waals surface area contributed by atoms with Gasteiger partial charge in [0.1, 0.15) is 0 Å². The van der Waals surface area contributed by atoms with E-state index in [0.29, 0.717) is 13.0 Å². The van der Waals surface area contributed by atoms with Gasteiger partial charge in [-0.05, 0) is 41.2 Å². The Hall–Kier alpha value is -1.78. The molecule has 0 fully saturated rings. The molecule has 24 heavy (non-hydrogen) atoms. The Morgan fingerprint density at radius 1 is 1.17 bits per heavy atom. The minimum Gasteiger partial charge on any atom is -0.504 e. The Kier molecular flexibility index (Phi) is 4.97. The molecule has 4 heteroatoms. The van der Waals surface area contributed by atoms with Gasteiger partial charge < -0.3 is 15.9 Å². The lowest BCUT2D eigenvalue weighted by molar-refractivity contribution is 0.398. The van der Waals surface area contributed by atoms with Crippen LogP contribution in [0.3, 0.4) is 0 Å². The van der Waals surface area contributed by atoms with Crippen molar-refractivity contribution in [2.24, 2.45) is 5.73 Å². The van der Waals surface area contributed by atoms with Gasteiger partial charge in [-0.1, -0.05) is 59.3 Å². The van der Waals surface area contributed by atoms with Crippen LogP contribution >= 0.6 is 15.9 Å². The molecule has 4 N–H and O–H groups in total. The molecule has 0 heterocycles. The maximum Gasteiger partial charge on any atom is 0.161 e. The number of hydrogen-bond acceptors (Lipinski definition) is 3. The predicted octanol–water partition coefficient (Wildman–Crippen LogP) is 4.32. The summed E-state index contributed by atoms with van der Waals surface area (Å²) in [5.74, 6) is 0.0293. The molecule has 0 saturated carbocycles. The van der Waals surface area contributed by atoms with E-state index >= 15 is 0 Å². The van der Waals surface area contributed by atoms with Crippen molar-refractivity contribution in [2.75, 3.05) is 6.54 Å². The first-order valence-electron chi connectivity index (χ1n) is 8.24. The molecule has 0 spiro atoms. The van der Waals surface area contributed by atoms with Crippen LogP contribution in [0, 0.1) is 0 Å². The highest BCUT2D eigenvalue weighted by Crippen LogP contribution is 2.47. The fourth-order valence-electron chi connectivity index (χ4n) is 3.63. The molecular weight excluding hydrogens is 366 g/mol. The van der Waals surface area contributed by atoms with Gasteiger partial charge in [-0.25, -0.2) is 0 Å². The largest absolute Gasteiger partial charge is 0.504 e. The molecule has 0 aliphatic heterocycles. The van der Waals surface area contributed by atoms with Crippen LogP contribution in [0.2, 0.25) is 0 Å². The van der Waals surface area contributed by atoms with Gasteiger partial charge in [-0.3, -0.25) is 0 Å². The van der Waals surface area contributed by atoms with E-state index in [1.165, 1.54) is 11.1 Å². The zero-order chi connectivity index (χ0) is 17.3. The summed E-state index contributed by atoms with van der Waals surface area (Å²) in [4.78, 5) is 0.227. The number of allylic oxidation sites excluding steroid dienone is 1. The molecule has 2 aromatic rings. The van der Waals surface area contributed by atoms with Crippen molar-refractivity contribution in [1.82, 2.24) is 0 Å². The van der Waals surface area contributed by atoms with E-state index in [0.717, 1.165) is 23.1 Å². The average molecular weight is 388 g/mol. The van der Waals surface area contributed by atoms with Crippen molar-refractivity contribution in [3.63, 3.8) is 0 Å². The van der Waals surface area contributed by atoms with Crippen molar-refractivity contribution < 1.29 is 10.2 Å². The van der Waals surface area contributed by atoms with Gasteiger partial charge in [0, 0.05) is 22.9 Å². The molecule has 1 aliphatic rings. The highest BCUT2D eigenvalue weighted by Gasteiger charge is 2.32. The van der Waals surface area contributed by atoms with E-state index < -0.39 is 0 Å². The normalized spacial score (nSPS) is 18.4. The molecule has 3 nitrogen and oxygen atoms in total. The summed E-state index contributed by atoms with van der Waals surface area (Å²) in [5, 5.41) is 20.3. The number of benzene rings is 2. The van der Waals surface area contributed by atoms with Crippen LogP contribution in [0.5, 0.6) is 11.5 Å². The number of nitrogens with two attached hydrogens (primary N) is 1. The minimum atomic E-state index is -0.0775. The van der Waals surface area contributed by atoms with E-state index in [9.17, 15) is 10.2 Å². The number of alkyl halides is 1. The Morgan fingerprint density at radius 2 is 1.88 bits per heavy atom. The van der Waals surface area contributed by atoms with E-state index in [2.05, 4.69) is 35.0 Å². The van der Waals surface area contributed by atoms with Gasteiger partial charge in [-0.2, -0.15) is 0 Å². The quantitative estimate of drug-likeness (QED) is 0.540. The van der Waals surface area contributed by atoms with E-state index in [4.69, 9.17) is 5.73 Å². The molecule has 0 bridgehead atoms. The van der Waals surface area contributed by atoms with E-state index in [-0.39, 0.29) is 22.2 Å². The number of phenolic OH excluding ortho intramolecular Hbond substituents is 2. The standard InChI is InChI=1S/C20H22BrNO2/c1-2-17(21)19-14(12-6-4-3-5-7-12)10-15-13(16(19)11-22)8-9-18(23)20(15)24/h3-9,14,17,23-24H,2,10-11,22H2,1H3. The van der Waals surface area contributed by atoms with Crippen molar-refractivity contribution in [2.45, 2.75) is 30.5 Å². The molecule has 2 aromatic carbocycles. The molecule has 2 atom stereocenters. The highest BCUT2D eigenvalue weighted by molar-refractivity contribution is 9.09. The van der Waals surface area contributed by atoms with E-state index in [1.54, 1.807) is 6.07 Å².